The van der Waals surface area contributed by atoms with Gasteiger partial charge in [0.25, 0.3) is 5.91 Å². The smallest absolute Gasteiger partial charge is 0.417 e. The molecule has 1 fully saturated rings. The summed E-state index contributed by atoms with van der Waals surface area (Å²) in [5, 5.41) is 17.6. The number of hydrogen-bond acceptors (Lipinski definition) is 7. The molecule has 0 atom stereocenters. The predicted molar refractivity (Wildman–Crippen MR) is 163 cm³/mol. The van der Waals surface area contributed by atoms with Crippen molar-refractivity contribution in [3.63, 3.8) is 0 Å². The number of benzene rings is 2. The average Bonchev–Trinajstić information content (AvgIpc) is 3.43. The maximum atomic E-state index is 14.2. The number of carboxylic acids is 1. The zero-order chi connectivity index (χ0) is 30.3. The molecule has 1 saturated heterocycles. The molecule has 43 heavy (non-hydrogen) atoms. The highest BCUT2D eigenvalue weighted by Crippen LogP contribution is 2.41. The van der Waals surface area contributed by atoms with Crippen LogP contribution in [0.15, 0.2) is 42.5 Å². The number of likely N-dealkylation sites (tertiary alicyclic amines) is 1. The lowest BCUT2D eigenvalue weighted by molar-refractivity contribution is -0.138. The molecule has 1 N–H and O–H groups in total. The van der Waals surface area contributed by atoms with Gasteiger partial charge in [0.15, 0.2) is 0 Å². The minimum absolute atomic E-state index is 0. The van der Waals surface area contributed by atoms with E-state index in [-0.39, 0.29) is 63.4 Å². The van der Waals surface area contributed by atoms with E-state index < -0.39 is 23.6 Å². The number of amides is 1. The summed E-state index contributed by atoms with van der Waals surface area (Å²) in [6.07, 6.45) is -1.54. The van der Waals surface area contributed by atoms with E-state index in [9.17, 15) is 22.8 Å². The fourth-order valence-corrected chi connectivity index (χ4v) is 5.93. The summed E-state index contributed by atoms with van der Waals surface area (Å²) in [4.78, 5) is 27.8. The first-order chi connectivity index (χ1) is 20.1. The van der Waals surface area contributed by atoms with Gasteiger partial charge < -0.3 is 9.84 Å². The molecule has 0 spiro atoms. The number of aromatic nitrogens is 2. The van der Waals surface area contributed by atoms with Gasteiger partial charge >= 0.3 is 12.1 Å². The molecule has 0 radical (unpaired) electrons. The molecule has 0 bridgehead atoms. The fraction of sp³-hybridized carbons (Fsp3) is 0.448. The number of unbranched alkanes of at least 4 members (excludes halogenated alkanes) is 1. The SMILES string of the molecule is CCCCN(C(=O)c1ccccc1Cl)c1nnc(-c2ccc(OCCN3CCC(CC(=O)O)CC3)cc2C(F)(F)F)s1.Cl. The zero-order valence-electron chi connectivity index (χ0n) is 23.5. The Morgan fingerprint density at radius 3 is 2.53 bits per heavy atom. The normalized spacial score (nSPS) is 14.3. The van der Waals surface area contributed by atoms with Gasteiger partial charge in [-0.1, -0.05) is 48.4 Å². The maximum absolute atomic E-state index is 14.2. The largest absolute Gasteiger partial charge is 0.492 e. The molecule has 1 amide bonds. The first kappa shape index (κ1) is 34.6. The summed E-state index contributed by atoms with van der Waals surface area (Å²) in [5.74, 6) is -0.974. The van der Waals surface area contributed by atoms with Crippen LogP contribution in [0.4, 0.5) is 18.3 Å². The van der Waals surface area contributed by atoms with Gasteiger partial charge in [0.1, 0.15) is 17.4 Å². The van der Waals surface area contributed by atoms with Gasteiger partial charge in [-0.2, -0.15) is 13.2 Å². The number of anilines is 1. The summed E-state index contributed by atoms with van der Waals surface area (Å²) >= 11 is 7.14. The van der Waals surface area contributed by atoms with Crippen LogP contribution >= 0.6 is 35.3 Å². The molecule has 0 saturated carbocycles. The molecular formula is C29H33Cl2F3N4O4S. The van der Waals surface area contributed by atoms with E-state index in [1.165, 1.54) is 17.0 Å². The number of carbonyl (C=O) groups excluding carboxylic acids is 1. The average molecular weight is 662 g/mol. The molecule has 1 aliphatic rings. The molecule has 3 aromatic rings. The van der Waals surface area contributed by atoms with Crippen molar-refractivity contribution in [3.8, 4) is 16.3 Å². The summed E-state index contributed by atoms with van der Waals surface area (Å²) in [7, 11) is 0. The van der Waals surface area contributed by atoms with E-state index in [1.54, 1.807) is 24.3 Å². The molecule has 14 heteroatoms. The minimum Gasteiger partial charge on any atom is -0.492 e. The van der Waals surface area contributed by atoms with Crippen molar-refractivity contribution >= 4 is 52.4 Å². The second-order valence-corrected chi connectivity index (χ2v) is 11.5. The number of carbonyl (C=O) groups is 2. The van der Waals surface area contributed by atoms with E-state index in [0.29, 0.717) is 19.5 Å². The third kappa shape index (κ3) is 9.28. The van der Waals surface area contributed by atoms with Crippen molar-refractivity contribution in [3.05, 3.63) is 58.6 Å². The quantitative estimate of drug-likeness (QED) is 0.218. The van der Waals surface area contributed by atoms with Crippen LogP contribution in [-0.2, 0) is 11.0 Å². The maximum Gasteiger partial charge on any atom is 0.417 e. The summed E-state index contributed by atoms with van der Waals surface area (Å²) in [5.41, 5.74) is -0.788. The highest BCUT2D eigenvalue weighted by Gasteiger charge is 2.36. The summed E-state index contributed by atoms with van der Waals surface area (Å²) in [6.45, 7) is 4.44. The fourth-order valence-electron chi connectivity index (χ4n) is 4.80. The van der Waals surface area contributed by atoms with Crippen LogP contribution in [0, 0.1) is 5.92 Å². The van der Waals surface area contributed by atoms with Gasteiger partial charge in [-0.15, -0.1) is 22.6 Å². The summed E-state index contributed by atoms with van der Waals surface area (Å²) in [6, 6.07) is 10.3. The number of hydrogen-bond donors (Lipinski definition) is 1. The first-order valence-corrected chi connectivity index (χ1v) is 14.9. The Hall–Kier alpha value is -2.93. The molecule has 0 unspecified atom stereocenters. The van der Waals surface area contributed by atoms with Crippen molar-refractivity contribution in [1.29, 1.82) is 0 Å². The van der Waals surface area contributed by atoms with Gasteiger partial charge in [-0.3, -0.25) is 19.4 Å². The van der Waals surface area contributed by atoms with E-state index in [2.05, 4.69) is 15.1 Å². The van der Waals surface area contributed by atoms with E-state index in [0.717, 1.165) is 49.8 Å². The zero-order valence-corrected chi connectivity index (χ0v) is 25.9. The molecule has 8 nitrogen and oxygen atoms in total. The molecule has 234 valence electrons. The topological polar surface area (TPSA) is 95.9 Å². The van der Waals surface area contributed by atoms with E-state index in [4.69, 9.17) is 21.4 Å². The van der Waals surface area contributed by atoms with Crippen molar-refractivity contribution in [2.45, 2.75) is 45.2 Å². The van der Waals surface area contributed by atoms with Crippen molar-refractivity contribution in [1.82, 2.24) is 15.1 Å². The number of ether oxygens (including phenoxy) is 1. The monoisotopic (exact) mass is 660 g/mol. The number of aliphatic carboxylic acids is 1. The van der Waals surface area contributed by atoms with E-state index in [1.807, 2.05) is 6.92 Å². The number of alkyl halides is 3. The summed E-state index contributed by atoms with van der Waals surface area (Å²) < 4.78 is 48.1. The van der Waals surface area contributed by atoms with Crippen molar-refractivity contribution in [2.24, 2.45) is 5.92 Å². The van der Waals surface area contributed by atoms with Gasteiger partial charge in [0.05, 0.1) is 16.1 Å². The number of piperidine rings is 1. The lowest BCUT2D eigenvalue weighted by atomic mass is 9.94. The highest BCUT2D eigenvalue weighted by atomic mass is 35.5. The van der Waals surface area contributed by atoms with Gasteiger partial charge in [-0.25, -0.2) is 0 Å². The molecule has 1 aromatic heterocycles. The Kier molecular flexibility index (Phi) is 12.6. The van der Waals surface area contributed by atoms with Crippen molar-refractivity contribution in [2.75, 3.05) is 37.7 Å². The second-order valence-electron chi connectivity index (χ2n) is 10.1. The molecular weight excluding hydrogens is 628 g/mol. The standard InChI is InChI=1S/C29H32ClF3N4O4S.ClH/c1-2-3-12-37(27(40)22-6-4-5-7-24(22)30)28-35-34-26(42-28)21-9-8-20(18-23(21)29(31,32)33)41-16-15-36-13-10-19(11-14-36)17-25(38)39;/h4-9,18-19H,2-3,10-17H2,1H3,(H,38,39);1H. The Bertz CT molecular complexity index is 1380. The lowest BCUT2D eigenvalue weighted by Gasteiger charge is -2.31. The van der Waals surface area contributed by atoms with Crippen LogP contribution in [0.2, 0.25) is 5.02 Å². The van der Waals surface area contributed by atoms with Crippen LogP contribution in [-0.4, -0.2) is 64.9 Å². The van der Waals surface area contributed by atoms with Crippen molar-refractivity contribution < 1.29 is 32.6 Å². The molecule has 0 aliphatic carbocycles. The Balaban J connectivity index is 0.00000506. The molecule has 2 aromatic carbocycles. The lowest BCUT2D eigenvalue weighted by Crippen LogP contribution is -2.37. The first-order valence-electron chi connectivity index (χ1n) is 13.7. The third-order valence-electron chi connectivity index (χ3n) is 7.10. The Labute approximate surface area is 263 Å². The molecule has 4 rings (SSSR count). The van der Waals surface area contributed by atoms with Gasteiger partial charge in [0, 0.05) is 25.1 Å². The second kappa shape index (κ2) is 15.7. The Morgan fingerprint density at radius 1 is 1.16 bits per heavy atom. The Morgan fingerprint density at radius 2 is 1.88 bits per heavy atom. The van der Waals surface area contributed by atoms with Crippen LogP contribution < -0.4 is 9.64 Å². The number of carboxylic acid groups (broad SMARTS) is 1. The molecule has 2 heterocycles. The number of nitrogens with zero attached hydrogens (tertiary/aromatic N) is 4. The minimum atomic E-state index is -4.68. The third-order valence-corrected chi connectivity index (χ3v) is 8.41. The number of rotatable bonds is 12. The number of halogens is 5. The van der Waals surface area contributed by atoms with Crippen LogP contribution in [0.1, 0.15) is 54.9 Å². The molecule has 1 aliphatic heterocycles. The van der Waals surface area contributed by atoms with Gasteiger partial charge in [-0.05, 0) is 68.6 Å². The van der Waals surface area contributed by atoms with E-state index >= 15 is 0 Å². The highest BCUT2D eigenvalue weighted by molar-refractivity contribution is 7.18. The van der Waals surface area contributed by atoms with Crippen LogP contribution in [0.3, 0.4) is 0 Å². The van der Waals surface area contributed by atoms with Crippen LogP contribution in [0.5, 0.6) is 5.75 Å². The van der Waals surface area contributed by atoms with Crippen LogP contribution in [0.25, 0.3) is 10.6 Å². The van der Waals surface area contributed by atoms with Gasteiger partial charge in [0.2, 0.25) is 5.13 Å². The predicted octanol–water partition coefficient (Wildman–Crippen LogP) is 7.31.